The molecule has 1 unspecified atom stereocenters. The molecule has 1 saturated heterocycles. The van der Waals surface area contributed by atoms with E-state index in [1.54, 1.807) is 18.0 Å². The number of nitrogens with one attached hydrogen (secondary N) is 1. The number of piperidine rings is 1. The zero-order valence-corrected chi connectivity index (χ0v) is 10.5. The summed E-state index contributed by atoms with van der Waals surface area (Å²) in [6.45, 7) is 2.46. The number of aromatic nitrogens is 2. The van der Waals surface area contributed by atoms with Crippen LogP contribution in [0.25, 0.3) is 0 Å². The summed E-state index contributed by atoms with van der Waals surface area (Å²) in [6.07, 6.45) is 1.30. The van der Waals surface area contributed by atoms with Crippen LogP contribution in [0.15, 0.2) is 6.07 Å². The molecule has 1 N–H and O–H groups in total. The van der Waals surface area contributed by atoms with Crippen molar-refractivity contribution in [2.75, 3.05) is 18.9 Å². The lowest BCUT2D eigenvalue weighted by Crippen LogP contribution is -2.43. The molecule has 0 aromatic carbocycles. The molecule has 0 aliphatic carbocycles. The van der Waals surface area contributed by atoms with Gasteiger partial charge in [0.2, 0.25) is 11.9 Å². The molecule has 1 atom stereocenters. The number of anilines is 1. The third-order valence-corrected chi connectivity index (χ3v) is 2.93. The number of likely N-dealkylation sites (N-methyl/N-ethyl adjacent to an activating group) is 1. The lowest BCUT2D eigenvalue weighted by atomic mass is 10.1. The van der Waals surface area contributed by atoms with E-state index in [2.05, 4.69) is 15.3 Å². The van der Waals surface area contributed by atoms with E-state index in [1.165, 1.54) is 0 Å². The number of rotatable bonds is 2. The van der Waals surface area contributed by atoms with Gasteiger partial charge in [0.05, 0.1) is 0 Å². The van der Waals surface area contributed by atoms with Crippen LogP contribution in [-0.4, -0.2) is 40.4 Å². The second kappa shape index (κ2) is 5.00. The van der Waals surface area contributed by atoms with Crippen molar-refractivity contribution in [2.45, 2.75) is 25.8 Å². The number of nitriles is 1. The number of carbonyl (C=O) groups is 1. The first kappa shape index (κ1) is 12.3. The maximum absolute atomic E-state index is 11.4. The van der Waals surface area contributed by atoms with Crippen LogP contribution in [0.3, 0.4) is 0 Å². The quantitative estimate of drug-likeness (QED) is 0.829. The summed E-state index contributed by atoms with van der Waals surface area (Å²) < 4.78 is 0. The molecule has 2 heterocycles. The van der Waals surface area contributed by atoms with E-state index in [0.717, 1.165) is 12.1 Å². The van der Waals surface area contributed by atoms with E-state index < -0.39 is 0 Å². The maximum atomic E-state index is 11.4. The summed E-state index contributed by atoms with van der Waals surface area (Å²) in [5.74, 6) is 0.621. The first-order valence-electron chi connectivity index (χ1n) is 5.85. The lowest BCUT2D eigenvalue weighted by molar-refractivity contribution is -0.132. The molecule has 0 saturated carbocycles. The van der Waals surface area contributed by atoms with Gasteiger partial charge in [0.15, 0.2) is 0 Å². The van der Waals surface area contributed by atoms with Crippen molar-refractivity contribution in [3.63, 3.8) is 0 Å². The fourth-order valence-corrected chi connectivity index (χ4v) is 2.00. The number of amides is 1. The number of hydrogen-bond donors (Lipinski definition) is 1. The Morgan fingerprint density at radius 1 is 1.56 bits per heavy atom. The number of hydrogen-bond acceptors (Lipinski definition) is 5. The first-order chi connectivity index (χ1) is 8.58. The molecule has 0 spiro atoms. The molecule has 94 valence electrons. The molecule has 1 aliphatic rings. The van der Waals surface area contributed by atoms with Crippen LogP contribution in [0.4, 0.5) is 5.95 Å². The van der Waals surface area contributed by atoms with E-state index >= 15 is 0 Å². The minimum Gasteiger partial charge on any atom is -0.350 e. The van der Waals surface area contributed by atoms with Gasteiger partial charge in [-0.25, -0.2) is 9.97 Å². The van der Waals surface area contributed by atoms with Gasteiger partial charge in [-0.15, -0.1) is 0 Å². The molecule has 0 radical (unpaired) electrons. The predicted octanol–water partition coefficient (Wildman–Crippen LogP) is 0.689. The van der Waals surface area contributed by atoms with Gasteiger partial charge in [-0.05, 0) is 19.4 Å². The van der Waals surface area contributed by atoms with Crippen LogP contribution < -0.4 is 5.32 Å². The molecule has 1 aromatic rings. The van der Waals surface area contributed by atoms with Crippen LogP contribution in [0, 0.1) is 18.3 Å². The summed E-state index contributed by atoms with van der Waals surface area (Å²) in [4.78, 5) is 21.4. The van der Waals surface area contributed by atoms with Gasteiger partial charge in [-0.1, -0.05) is 0 Å². The van der Waals surface area contributed by atoms with Crippen molar-refractivity contribution in [1.29, 1.82) is 5.26 Å². The Morgan fingerprint density at radius 3 is 3.00 bits per heavy atom. The van der Waals surface area contributed by atoms with Crippen LogP contribution in [0.1, 0.15) is 24.2 Å². The molecule has 1 fully saturated rings. The molecule has 6 nitrogen and oxygen atoms in total. The molecule has 0 bridgehead atoms. The standard InChI is InChI=1S/C12H15N5O/c1-8-5-10(6-13)16-12(14-8)15-9-3-4-11(18)17(2)7-9/h5,9H,3-4,7H2,1-2H3,(H,14,15,16). The van der Waals surface area contributed by atoms with Gasteiger partial charge in [0, 0.05) is 31.7 Å². The molecular weight excluding hydrogens is 230 g/mol. The first-order valence-corrected chi connectivity index (χ1v) is 5.85. The maximum Gasteiger partial charge on any atom is 0.224 e. The van der Waals surface area contributed by atoms with Gasteiger partial charge >= 0.3 is 0 Å². The van der Waals surface area contributed by atoms with E-state index in [0.29, 0.717) is 24.6 Å². The number of likely N-dealkylation sites (tertiary alicyclic amines) is 1. The van der Waals surface area contributed by atoms with Gasteiger partial charge in [0.25, 0.3) is 0 Å². The molecule has 1 aromatic heterocycles. The van der Waals surface area contributed by atoms with Crippen LogP contribution in [0.5, 0.6) is 0 Å². The van der Waals surface area contributed by atoms with Gasteiger partial charge in [-0.2, -0.15) is 5.26 Å². The SMILES string of the molecule is Cc1cc(C#N)nc(NC2CCC(=O)N(C)C2)n1. The smallest absolute Gasteiger partial charge is 0.224 e. The topological polar surface area (TPSA) is 81.9 Å². The van der Waals surface area contributed by atoms with Crippen molar-refractivity contribution in [2.24, 2.45) is 0 Å². The Morgan fingerprint density at radius 2 is 2.33 bits per heavy atom. The summed E-state index contributed by atoms with van der Waals surface area (Å²) in [6, 6.07) is 3.79. The Bertz CT molecular complexity index is 508. The van der Waals surface area contributed by atoms with Crippen LogP contribution in [0.2, 0.25) is 0 Å². The van der Waals surface area contributed by atoms with Crippen molar-refractivity contribution in [3.8, 4) is 6.07 Å². The summed E-state index contributed by atoms with van der Waals surface area (Å²) in [7, 11) is 1.79. The van der Waals surface area contributed by atoms with Gasteiger partial charge in [-0.3, -0.25) is 4.79 Å². The zero-order valence-electron chi connectivity index (χ0n) is 10.5. The monoisotopic (exact) mass is 245 g/mol. The van der Waals surface area contributed by atoms with E-state index in [9.17, 15) is 4.79 Å². The third kappa shape index (κ3) is 2.74. The molecule has 1 aliphatic heterocycles. The Kier molecular flexibility index (Phi) is 3.42. The highest BCUT2D eigenvalue weighted by Gasteiger charge is 2.23. The molecule has 6 heteroatoms. The number of aryl methyl sites for hydroxylation is 1. The second-order valence-corrected chi connectivity index (χ2v) is 4.48. The highest BCUT2D eigenvalue weighted by atomic mass is 16.2. The van der Waals surface area contributed by atoms with Crippen LogP contribution in [-0.2, 0) is 4.79 Å². The van der Waals surface area contributed by atoms with Crippen molar-refractivity contribution < 1.29 is 4.79 Å². The average molecular weight is 245 g/mol. The Labute approximate surface area is 106 Å². The summed E-state index contributed by atoms with van der Waals surface area (Å²) in [5.41, 5.74) is 1.11. The van der Waals surface area contributed by atoms with Crippen molar-refractivity contribution >= 4 is 11.9 Å². The Balaban J connectivity index is 2.08. The Hall–Kier alpha value is -2.16. The van der Waals surface area contributed by atoms with E-state index in [4.69, 9.17) is 5.26 Å². The summed E-state index contributed by atoms with van der Waals surface area (Å²) in [5, 5.41) is 12.0. The minimum atomic E-state index is 0.140. The van der Waals surface area contributed by atoms with Gasteiger partial charge < -0.3 is 10.2 Å². The van der Waals surface area contributed by atoms with Crippen molar-refractivity contribution in [3.05, 3.63) is 17.5 Å². The molecule has 2 rings (SSSR count). The largest absolute Gasteiger partial charge is 0.350 e. The zero-order chi connectivity index (χ0) is 13.1. The number of carbonyl (C=O) groups excluding carboxylic acids is 1. The fraction of sp³-hybridized carbons (Fsp3) is 0.500. The third-order valence-electron chi connectivity index (χ3n) is 2.93. The van der Waals surface area contributed by atoms with Crippen LogP contribution >= 0.6 is 0 Å². The second-order valence-electron chi connectivity index (χ2n) is 4.48. The molecular formula is C12H15N5O. The number of nitrogens with zero attached hydrogens (tertiary/aromatic N) is 4. The van der Waals surface area contributed by atoms with E-state index in [-0.39, 0.29) is 11.9 Å². The summed E-state index contributed by atoms with van der Waals surface area (Å²) >= 11 is 0. The highest BCUT2D eigenvalue weighted by Crippen LogP contribution is 2.14. The minimum absolute atomic E-state index is 0.140. The van der Waals surface area contributed by atoms with Gasteiger partial charge in [0.1, 0.15) is 11.8 Å². The fourth-order valence-electron chi connectivity index (χ4n) is 2.00. The normalized spacial score (nSPS) is 19.5. The predicted molar refractivity (Wildman–Crippen MR) is 65.8 cm³/mol. The van der Waals surface area contributed by atoms with Crippen molar-refractivity contribution in [1.82, 2.24) is 14.9 Å². The average Bonchev–Trinajstić information content (AvgIpc) is 2.33. The molecule has 18 heavy (non-hydrogen) atoms. The highest BCUT2D eigenvalue weighted by molar-refractivity contribution is 5.76. The lowest BCUT2D eigenvalue weighted by Gasteiger charge is -2.30. The van der Waals surface area contributed by atoms with E-state index in [1.807, 2.05) is 13.0 Å². The molecule has 1 amide bonds.